The van der Waals surface area contributed by atoms with Gasteiger partial charge < -0.3 is 34.2 Å². The van der Waals surface area contributed by atoms with Crippen molar-refractivity contribution in [2.24, 2.45) is 41.2 Å². The zero-order valence-electron chi connectivity index (χ0n) is 47.4. The Morgan fingerprint density at radius 1 is 0.671 bits per heavy atom. The number of Topliss-reactive ketones (excluding diaryl/α,β-unsaturated/α-hetero) is 4. The van der Waals surface area contributed by atoms with Crippen molar-refractivity contribution in [3.05, 3.63) is 142 Å². The van der Waals surface area contributed by atoms with Gasteiger partial charge in [0.15, 0.2) is 46.1 Å². The van der Waals surface area contributed by atoms with Gasteiger partial charge in [-0.05, 0) is 183 Å². The van der Waals surface area contributed by atoms with Crippen molar-refractivity contribution < 1.29 is 47.6 Å². The summed E-state index contributed by atoms with van der Waals surface area (Å²) in [5.74, 6) is 5.49. The number of carbonyl (C=O) groups excluding carboxylic acids is 4. The fourth-order valence-electron chi connectivity index (χ4n) is 12.2. The molecular weight excluding hydrogens is 991 g/mol. The minimum absolute atomic E-state index is 0.0553. The number of aryl methyl sites for hydroxylation is 2. The molecule has 9 rings (SSSR count). The number of hydrogen-bond acceptors (Lipinski definition) is 11. The number of benzene rings is 4. The molecule has 4 aliphatic carbocycles. The first-order chi connectivity index (χ1) is 38.2. The van der Waals surface area contributed by atoms with Crippen LogP contribution in [0.15, 0.2) is 103 Å². The normalized spacial score (nSPS) is 20.6. The molecule has 6 unspecified atom stereocenters. The van der Waals surface area contributed by atoms with Gasteiger partial charge in [-0.2, -0.15) is 0 Å². The maximum absolute atomic E-state index is 14.1. The Balaban J connectivity index is 0.760. The summed E-state index contributed by atoms with van der Waals surface area (Å²) in [6, 6.07) is 22.2. The van der Waals surface area contributed by atoms with E-state index < -0.39 is 6.04 Å². The third-order valence-corrected chi connectivity index (χ3v) is 17.1. The van der Waals surface area contributed by atoms with Crippen LogP contribution < -0.4 is 34.2 Å². The Bertz CT molecular complexity index is 3000. The second-order valence-electron chi connectivity index (χ2n) is 23.0. The minimum Gasteiger partial charge on any atom is -0.493 e. The van der Waals surface area contributed by atoms with Gasteiger partial charge in [0.25, 0.3) is 0 Å². The lowest BCUT2D eigenvalue weighted by molar-refractivity contribution is -0.124. The summed E-state index contributed by atoms with van der Waals surface area (Å²) in [6.07, 6.45) is 22.6. The van der Waals surface area contributed by atoms with Crippen molar-refractivity contribution in [1.29, 1.82) is 0 Å². The number of nitrogens with two attached hydrogens (primary N) is 1. The maximum Gasteiger partial charge on any atom is 0.231 e. The summed E-state index contributed by atoms with van der Waals surface area (Å²) in [6.45, 7) is 9.08. The molecule has 0 saturated carbocycles. The number of allylic oxidation sites excluding steroid dienone is 8. The van der Waals surface area contributed by atoms with E-state index in [2.05, 4.69) is 73.7 Å². The highest BCUT2D eigenvalue weighted by atomic mass is 16.7. The van der Waals surface area contributed by atoms with Gasteiger partial charge in [-0.25, -0.2) is 0 Å². The van der Waals surface area contributed by atoms with E-state index in [1.807, 2.05) is 51.1 Å². The van der Waals surface area contributed by atoms with E-state index in [9.17, 15) is 19.2 Å². The first-order valence-corrected chi connectivity index (χ1v) is 29.0. The molecule has 5 aliphatic rings. The molecule has 11 nitrogen and oxygen atoms in total. The van der Waals surface area contributed by atoms with Gasteiger partial charge >= 0.3 is 0 Å². The Labute approximate surface area is 468 Å². The van der Waals surface area contributed by atoms with E-state index in [0.717, 1.165) is 79.6 Å². The second kappa shape index (κ2) is 26.5. The fourth-order valence-corrected chi connectivity index (χ4v) is 12.2. The predicted octanol–water partition coefficient (Wildman–Crippen LogP) is 13.9. The van der Waals surface area contributed by atoms with Crippen LogP contribution >= 0.6 is 0 Å². The van der Waals surface area contributed by atoms with E-state index in [1.54, 1.807) is 14.2 Å². The minimum atomic E-state index is -0.426. The van der Waals surface area contributed by atoms with Crippen molar-refractivity contribution >= 4 is 34.3 Å². The highest BCUT2D eigenvalue weighted by molar-refractivity contribution is 5.99. The third kappa shape index (κ3) is 14.2. The first-order valence-electron chi connectivity index (χ1n) is 29.0. The van der Waals surface area contributed by atoms with Crippen molar-refractivity contribution in [2.75, 3.05) is 34.2 Å². The molecule has 0 bridgehead atoms. The molecule has 79 heavy (non-hydrogen) atoms. The van der Waals surface area contributed by atoms with Crippen LogP contribution in [0.2, 0.25) is 0 Å². The summed E-state index contributed by atoms with van der Waals surface area (Å²) in [4.78, 5) is 53.3. The summed E-state index contributed by atoms with van der Waals surface area (Å²) >= 11 is 0. The Hall–Kier alpha value is -6.72. The number of methoxy groups -OCH3 is 2. The lowest BCUT2D eigenvalue weighted by atomic mass is 9.75. The number of hydrogen-bond donors (Lipinski definition) is 1. The summed E-state index contributed by atoms with van der Waals surface area (Å²) in [7, 11) is 3.22. The van der Waals surface area contributed by atoms with Crippen LogP contribution in [0, 0.1) is 35.5 Å². The molecule has 0 amide bonds. The number of ether oxygens (including phenoxy) is 6. The van der Waals surface area contributed by atoms with Crippen LogP contribution in [-0.4, -0.2) is 63.4 Å². The quantitative estimate of drug-likeness (QED) is 0.0627. The molecule has 0 radical (unpaired) electrons. The van der Waals surface area contributed by atoms with Crippen LogP contribution in [0.25, 0.3) is 11.1 Å². The smallest absolute Gasteiger partial charge is 0.231 e. The summed E-state index contributed by atoms with van der Waals surface area (Å²) < 4.78 is 35.5. The van der Waals surface area contributed by atoms with Crippen LogP contribution in [0.3, 0.4) is 0 Å². The summed E-state index contributed by atoms with van der Waals surface area (Å²) in [5.41, 5.74) is 16.7. The second-order valence-corrected chi connectivity index (χ2v) is 23.0. The van der Waals surface area contributed by atoms with Gasteiger partial charge in [0.05, 0.1) is 33.5 Å². The van der Waals surface area contributed by atoms with Gasteiger partial charge in [0, 0.05) is 49.1 Å². The average Bonchev–Trinajstić information content (AvgIpc) is 4.15. The molecular formula is C68H81NO10. The molecule has 2 N–H and O–H groups in total. The van der Waals surface area contributed by atoms with Crippen LogP contribution in [0.1, 0.15) is 160 Å². The lowest BCUT2D eigenvalue weighted by Crippen LogP contribution is -2.35. The highest BCUT2D eigenvalue weighted by Crippen LogP contribution is 2.44. The topological polar surface area (TPSA) is 150 Å². The van der Waals surface area contributed by atoms with E-state index >= 15 is 0 Å². The van der Waals surface area contributed by atoms with E-state index in [-0.39, 0.29) is 59.5 Å². The number of ketones is 4. The molecule has 0 spiro atoms. The van der Waals surface area contributed by atoms with Crippen molar-refractivity contribution in [2.45, 2.75) is 136 Å². The van der Waals surface area contributed by atoms with Crippen molar-refractivity contribution in [1.82, 2.24) is 0 Å². The van der Waals surface area contributed by atoms with Crippen molar-refractivity contribution in [3.8, 4) is 34.5 Å². The van der Waals surface area contributed by atoms with E-state index in [0.29, 0.717) is 105 Å². The molecule has 1 aliphatic heterocycles. The van der Waals surface area contributed by atoms with E-state index in [1.165, 1.54) is 27.8 Å². The highest BCUT2D eigenvalue weighted by Gasteiger charge is 2.32. The number of fused-ring (bicyclic) bond motifs is 5. The standard InChI is InChI=1S/C68H81NO10/c1-42(2)68(69)60(72)16-7-11-44(4)58(70)15-8-12-45-18-21-46(22-19-45)55-33-49-25-27-59(71)56-39-63(74-5)67(38-53(56)20-17-43(3)31-54(49)34-55)77-30-10-29-76-66-37-52-14-9-13-47-32-48(51-26-28-62-65(36-51)79-41-78-62)23-24-50(47)35-61(73)57(52)40-64(66)75-6/h9,13,18-19,21-23,26,28,31,33,36-40,42,44,47,49-50,54,68H,7-8,10-12,14-17,20,24-25,27,29-30,32,34-35,41,69H2,1-6H3. The SMILES string of the molecule is COc1cc2c(cc1OCCCOc1cc3c(cc1OC)C(=O)CCC1C=C(c4ccc(CCCC(=O)C(C)CCCC(=O)C(N)C(C)C)cc4)CC1C=C(C)CC3)CC=CC1CC(c3ccc4c(c3)OCO4)=CCC1CC2=O. The first kappa shape index (κ1) is 57.0. The molecule has 4 aromatic rings. The molecule has 6 atom stereocenters. The van der Waals surface area contributed by atoms with Crippen molar-refractivity contribution in [3.63, 3.8) is 0 Å². The summed E-state index contributed by atoms with van der Waals surface area (Å²) in [5, 5.41) is 0. The lowest BCUT2D eigenvalue weighted by Gasteiger charge is -2.29. The maximum atomic E-state index is 14.1. The van der Waals surface area contributed by atoms with Crippen LogP contribution in [0.4, 0.5) is 0 Å². The molecule has 418 valence electrons. The molecule has 0 fully saturated rings. The molecule has 1 heterocycles. The van der Waals surface area contributed by atoms with Gasteiger partial charge in [0.1, 0.15) is 11.6 Å². The number of rotatable bonds is 21. The predicted molar refractivity (Wildman–Crippen MR) is 311 cm³/mol. The molecule has 0 aromatic heterocycles. The molecule has 4 aromatic carbocycles. The Morgan fingerprint density at radius 3 is 2.09 bits per heavy atom. The fraction of sp³-hybridized carbons (Fsp3) is 0.471. The van der Waals surface area contributed by atoms with Gasteiger partial charge in [-0.1, -0.05) is 87.1 Å². The van der Waals surface area contributed by atoms with Crippen LogP contribution in [0.5, 0.6) is 34.5 Å². The van der Waals surface area contributed by atoms with Crippen LogP contribution in [-0.2, 0) is 28.9 Å². The monoisotopic (exact) mass is 1070 g/mol. The molecule has 11 heteroatoms. The third-order valence-electron chi connectivity index (χ3n) is 17.1. The number of carbonyl (C=O) groups is 4. The Morgan fingerprint density at radius 2 is 1.35 bits per heavy atom. The molecule has 0 saturated heterocycles. The zero-order valence-corrected chi connectivity index (χ0v) is 47.4. The van der Waals surface area contributed by atoms with Gasteiger partial charge in [-0.15, -0.1) is 0 Å². The zero-order chi connectivity index (χ0) is 55.6. The van der Waals surface area contributed by atoms with Gasteiger partial charge in [0.2, 0.25) is 6.79 Å². The van der Waals surface area contributed by atoms with E-state index in [4.69, 9.17) is 34.2 Å². The Kier molecular flexibility index (Phi) is 19.1. The average molecular weight is 1070 g/mol. The van der Waals surface area contributed by atoms with Gasteiger partial charge in [-0.3, -0.25) is 19.2 Å². The largest absolute Gasteiger partial charge is 0.493 e.